The average Bonchev–Trinajstić information content (AvgIpc) is 2.91. The molecule has 1 atom stereocenters. The summed E-state index contributed by atoms with van der Waals surface area (Å²) in [5, 5.41) is 4.04. The van der Waals surface area contributed by atoms with Crippen LogP contribution in [0.25, 0.3) is 0 Å². The van der Waals surface area contributed by atoms with Crippen molar-refractivity contribution >= 4 is 17.7 Å². The molecule has 8 heteroatoms. The van der Waals surface area contributed by atoms with E-state index >= 15 is 0 Å². The number of amidine groups is 1. The summed E-state index contributed by atoms with van der Waals surface area (Å²) in [5.74, 6) is -1.23. The third-order valence-corrected chi connectivity index (χ3v) is 5.72. The van der Waals surface area contributed by atoms with Crippen molar-refractivity contribution in [3.05, 3.63) is 119 Å². The molecule has 4 rings (SSSR count). The number of nitrogens with zero attached hydrogens (tertiary/aromatic N) is 2. The minimum atomic E-state index is -4.53. The van der Waals surface area contributed by atoms with Gasteiger partial charge in [0.2, 0.25) is 0 Å². The Balaban J connectivity index is 1.79. The van der Waals surface area contributed by atoms with Gasteiger partial charge in [-0.1, -0.05) is 65.8 Å². The Morgan fingerprint density at radius 2 is 1.44 bits per heavy atom. The topological polar surface area (TPSA) is 59.0 Å². The molecule has 0 spiro atoms. The lowest BCUT2D eigenvalue weighted by Gasteiger charge is -2.32. The number of alkyl halides is 3. The van der Waals surface area contributed by atoms with Gasteiger partial charge in [-0.2, -0.15) is 13.2 Å². The standard InChI is InChI=1S/C28H23F3N2O3/c29-28(30,31)23-18-16-20(17-19-23)25(32-36-27(35)22-12-6-2-7-13-22)33(24-14-8-3-9-15-24)26(34)21-10-4-1-5-11-21/h1-2,4-8,10-14,16-19,24H,3,9,15H2/b32-25+. The molecule has 0 heterocycles. The molecule has 0 aliphatic heterocycles. The molecule has 0 bridgehead atoms. The summed E-state index contributed by atoms with van der Waals surface area (Å²) in [4.78, 5) is 32.9. The molecule has 0 N–H and O–H groups in total. The zero-order valence-corrected chi connectivity index (χ0v) is 19.2. The summed E-state index contributed by atoms with van der Waals surface area (Å²) < 4.78 is 39.6. The fourth-order valence-corrected chi connectivity index (χ4v) is 3.89. The van der Waals surface area contributed by atoms with Crippen molar-refractivity contribution in [2.75, 3.05) is 0 Å². The summed E-state index contributed by atoms with van der Waals surface area (Å²) >= 11 is 0. The van der Waals surface area contributed by atoms with Crippen molar-refractivity contribution in [1.82, 2.24) is 4.90 Å². The van der Waals surface area contributed by atoms with Gasteiger partial charge in [0.25, 0.3) is 5.91 Å². The first-order valence-electron chi connectivity index (χ1n) is 11.4. The van der Waals surface area contributed by atoms with Crippen molar-refractivity contribution < 1.29 is 27.6 Å². The first-order chi connectivity index (χ1) is 17.3. The Morgan fingerprint density at radius 3 is 2.00 bits per heavy atom. The highest BCUT2D eigenvalue weighted by Gasteiger charge is 2.33. The maximum atomic E-state index is 13.7. The van der Waals surface area contributed by atoms with Crippen LogP contribution in [0.2, 0.25) is 0 Å². The first kappa shape index (κ1) is 24.9. The quantitative estimate of drug-likeness (QED) is 0.135. The Morgan fingerprint density at radius 1 is 0.833 bits per heavy atom. The maximum absolute atomic E-state index is 13.7. The van der Waals surface area contributed by atoms with Crippen LogP contribution in [-0.2, 0) is 11.0 Å². The number of rotatable bonds is 5. The zero-order chi connectivity index (χ0) is 25.5. The molecule has 0 radical (unpaired) electrons. The van der Waals surface area contributed by atoms with Gasteiger partial charge in [-0.3, -0.25) is 9.69 Å². The number of hydrogen-bond donors (Lipinski definition) is 0. The van der Waals surface area contributed by atoms with Crippen LogP contribution in [-0.4, -0.2) is 28.7 Å². The highest BCUT2D eigenvalue weighted by molar-refractivity contribution is 6.13. The van der Waals surface area contributed by atoms with Crippen LogP contribution in [0.15, 0.2) is 102 Å². The molecule has 1 unspecified atom stereocenters. The van der Waals surface area contributed by atoms with Gasteiger partial charge in [0, 0.05) is 11.1 Å². The summed E-state index contributed by atoms with van der Waals surface area (Å²) in [5.41, 5.74) is -0.0329. The lowest BCUT2D eigenvalue weighted by atomic mass is 9.99. The fraction of sp³-hybridized carbons (Fsp3) is 0.179. The van der Waals surface area contributed by atoms with E-state index in [4.69, 9.17) is 4.84 Å². The molecular formula is C28H23F3N2O3. The van der Waals surface area contributed by atoms with Gasteiger partial charge in [-0.05, 0) is 55.7 Å². The van der Waals surface area contributed by atoms with Gasteiger partial charge in [-0.25, -0.2) is 4.79 Å². The van der Waals surface area contributed by atoms with Gasteiger partial charge in [0.1, 0.15) is 0 Å². The van der Waals surface area contributed by atoms with Crippen LogP contribution in [0.4, 0.5) is 13.2 Å². The van der Waals surface area contributed by atoms with E-state index in [1.165, 1.54) is 17.0 Å². The van der Waals surface area contributed by atoms with E-state index < -0.39 is 29.7 Å². The fourth-order valence-electron chi connectivity index (χ4n) is 3.89. The van der Waals surface area contributed by atoms with Crippen LogP contribution in [0.5, 0.6) is 0 Å². The lowest BCUT2D eigenvalue weighted by Crippen LogP contribution is -2.45. The SMILES string of the molecule is O=C(O/N=C(\c1ccc(C(F)(F)F)cc1)N(C(=O)c1ccccc1)C1C=CCCC1)c1ccccc1. The predicted octanol–water partition coefficient (Wildman–Crippen LogP) is 6.48. The second-order valence-electron chi connectivity index (χ2n) is 8.20. The molecule has 0 saturated carbocycles. The third-order valence-electron chi connectivity index (χ3n) is 5.72. The van der Waals surface area contributed by atoms with Gasteiger partial charge in [-0.15, -0.1) is 0 Å². The number of oxime groups is 1. The van der Waals surface area contributed by atoms with Crippen LogP contribution >= 0.6 is 0 Å². The molecule has 0 fully saturated rings. The van der Waals surface area contributed by atoms with E-state index in [-0.39, 0.29) is 17.0 Å². The highest BCUT2D eigenvalue weighted by atomic mass is 19.4. The summed E-state index contributed by atoms with van der Waals surface area (Å²) in [6, 6.07) is 20.5. The molecule has 184 valence electrons. The maximum Gasteiger partial charge on any atom is 0.416 e. The Bertz CT molecular complexity index is 1250. The highest BCUT2D eigenvalue weighted by Crippen LogP contribution is 2.30. The largest absolute Gasteiger partial charge is 0.416 e. The third kappa shape index (κ3) is 5.89. The molecular weight excluding hydrogens is 469 g/mol. The normalized spacial score (nSPS) is 15.9. The van der Waals surface area contributed by atoms with Crippen molar-refractivity contribution in [3.8, 4) is 0 Å². The van der Waals surface area contributed by atoms with Crippen LogP contribution in [0.1, 0.15) is 51.1 Å². The van der Waals surface area contributed by atoms with Crippen LogP contribution < -0.4 is 0 Å². The smallest absolute Gasteiger partial charge is 0.311 e. The van der Waals surface area contributed by atoms with E-state index in [2.05, 4.69) is 5.16 Å². The Labute approximate surface area is 206 Å². The number of halogens is 3. The summed E-state index contributed by atoms with van der Waals surface area (Å²) in [6.07, 6.45) is 1.55. The number of benzene rings is 3. The minimum absolute atomic E-state index is 0.0570. The summed E-state index contributed by atoms with van der Waals surface area (Å²) in [6.45, 7) is 0. The number of carbonyl (C=O) groups excluding carboxylic acids is 2. The molecule has 3 aromatic carbocycles. The van der Waals surface area contributed by atoms with Crippen molar-refractivity contribution in [3.63, 3.8) is 0 Å². The Hall–Kier alpha value is -4.20. The monoisotopic (exact) mass is 492 g/mol. The molecule has 5 nitrogen and oxygen atoms in total. The van der Waals surface area contributed by atoms with Crippen LogP contribution in [0.3, 0.4) is 0 Å². The van der Waals surface area contributed by atoms with Crippen molar-refractivity contribution in [2.45, 2.75) is 31.5 Å². The van der Waals surface area contributed by atoms with Gasteiger partial charge < -0.3 is 4.84 Å². The predicted molar refractivity (Wildman–Crippen MR) is 129 cm³/mol. The number of allylic oxidation sites excluding steroid dienone is 1. The lowest BCUT2D eigenvalue weighted by molar-refractivity contribution is -0.137. The van der Waals surface area contributed by atoms with E-state index in [1.807, 2.05) is 12.2 Å². The second kappa shape index (κ2) is 11.0. The molecule has 1 aliphatic carbocycles. The average molecular weight is 492 g/mol. The molecule has 1 amide bonds. The molecule has 36 heavy (non-hydrogen) atoms. The molecule has 0 aromatic heterocycles. The number of amides is 1. The zero-order valence-electron chi connectivity index (χ0n) is 19.2. The van der Waals surface area contributed by atoms with E-state index in [0.717, 1.165) is 25.0 Å². The molecule has 0 saturated heterocycles. The van der Waals surface area contributed by atoms with Gasteiger partial charge in [0.05, 0.1) is 17.2 Å². The van der Waals surface area contributed by atoms with Crippen LogP contribution in [0, 0.1) is 0 Å². The van der Waals surface area contributed by atoms with E-state index in [9.17, 15) is 22.8 Å². The van der Waals surface area contributed by atoms with Gasteiger partial charge >= 0.3 is 12.1 Å². The van der Waals surface area contributed by atoms with Crippen molar-refractivity contribution in [1.29, 1.82) is 0 Å². The van der Waals surface area contributed by atoms with E-state index in [1.54, 1.807) is 60.7 Å². The first-order valence-corrected chi connectivity index (χ1v) is 11.4. The number of carbonyl (C=O) groups is 2. The molecule has 3 aromatic rings. The minimum Gasteiger partial charge on any atom is -0.311 e. The second-order valence-corrected chi connectivity index (χ2v) is 8.20. The van der Waals surface area contributed by atoms with Crippen molar-refractivity contribution in [2.24, 2.45) is 5.16 Å². The summed E-state index contributed by atoms with van der Waals surface area (Å²) in [7, 11) is 0. The Kier molecular flexibility index (Phi) is 7.63. The number of hydrogen-bond acceptors (Lipinski definition) is 4. The van der Waals surface area contributed by atoms with E-state index in [0.29, 0.717) is 12.0 Å². The van der Waals surface area contributed by atoms with Gasteiger partial charge in [0.15, 0.2) is 5.84 Å². The molecule has 1 aliphatic rings.